The molecule has 1 aliphatic rings. The Hall–Kier alpha value is -1.65. The number of nitrogens with zero attached hydrogens (tertiary/aromatic N) is 3. The first-order chi connectivity index (χ1) is 10.8. The second-order valence-corrected chi connectivity index (χ2v) is 7.15. The molecular weight excluding hydrogens is 290 g/mol. The molecule has 3 aromatic rings. The van der Waals surface area contributed by atoms with Crippen LogP contribution in [0.25, 0.3) is 10.9 Å². The number of hydrogen-bond donors (Lipinski definition) is 0. The highest BCUT2D eigenvalue weighted by Gasteiger charge is 2.26. The minimum Gasteiger partial charge on any atom is -0.350 e. The molecule has 0 spiro atoms. The largest absolute Gasteiger partial charge is 0.350 e. The van der Waals surface area contributed by atoms with E-state index >= 15 is 0 Å². The maximum atomic E-state index is 4.39. The molecular formula is C18H21N3S. The van der Waals surface area contributed by atoms with E-state index in [1.54, 1.807) is 11.3 Å². The first kappa shape index (κ1) is 14.0. The average Bonchev–Trinajstić information content (AvgIpc) is 3.26. The number of benzene rings is 1. The lowest BCUT2D eigenvalue weighted by Gasteiger charge is -2.15. The van der Waals surface area contributed by atoms with Gasteiger partial charge in [0.1, 0.15) is 0 Å². The average molecular weight is 311 g/mol. The molecule has 1 atom stereocenters. The third kappa shape index (κ3) is 2.57. The van der Waals surface area contributed by atoms with Gasteiger partial charge in [0.25, 0.3) is 0 Å². The third-order valence-corrected chi connectivity index (χ3v) is 5.60. The Labute approximate surface area is 135 Å². The van der Waals surface area contributed by atoms with Gasteiger partial charge in [0.2, 0.25) is 0 Å². The van der Waals surface area contributed by atoms with Crippen molar-refractivity contribution in [1.29, 1.82) is 0 Å². The summed E-state index contributed by atoms with van der Waals surface area (Å²) in [4.78, 5) is 6.98. The monoisotopic (exact) mass is 311 g/mol. The first-order valence-electron chi connectivity index (χ1n) is 7.96. The summed E-state index contributed by atoms with van der Waals surface area (Å²) in [7, 11) is 2.15. The summed E-state index contributed by atoms with van der Waals surface area (Å²) in [6.07, 6.45) is 6.59. The molecule has 0 amide bonds. The molecule has 4 rings (SSSR count). The molecule has 22 heavy (non-hydrogen) atoms. The molecule has 0 saturated carbocycles. The van der Waals surface area contributed by atoms with E-state index < -0.39 is 0 Å². The molecule has 1 fully saturated rings. The lowest BCUT2D eigenvalue weighted by atomic mass is 9.98. The van der Waals surface area contributed by atoms with E-state index in [1.165, 1.54) is 41.0 Å². The zero-order chi connectivity index (χ0) is 14.9. The maximum absolute atomic E-state index is 4.39. The van der Waals surface area contributed by atoms with Crippen molar-refractivity contribution in [3.8, 4) is 0 Å². The Morgan fingerprint density at radius 2 is 2.23 bits per heavy atom. The normalized spacial score (nSPS) is 19.2. The quantitative estimate of drug-likeness (QED) is 0.733. The lowest BCUT2D eigenvalue weighted by Crippen LogP contribution is -2.23. The van der Waals surface area contributed by atoms with Crippen molar-refractivity contribution in [2.24, 2.45) is 7.05 Å². The van der Waals surface area contributed by atoms with Crippen molar-refractivity contribution in [3.63, 3.8) is 0 Å². The Bertz CT molecular complexity index is 760. The maximum Gasteiger partial charge on any atom is 0.0937 e. The summed E-state index contributed by atoms with van der Waals surface area (Å²) in [6, 6.07) is 8.76. The summed E-state index contributed by atoms with van der Waals surface area (Å²) in [5.74, 6) is 0.669. The fraction of sp³-hybridized carbons (Fsp3) is 0.389. The van der Waals surface area contributed by atoms with Crippen LogP contribution in [0.15, 0.2) is 42.0 Å². The SMILES string of the molecule is Cn1cc(C2CCN(CCc3nccs3)C2)c2ccccc21. The van der Waals surface area contributed by atoms with Crippen LogP contribution in [0.2, 0.25) is 0 Å². The van der Waals surface area contributed by atoms with E-state index in [-0.39, 0.29) is 0 Å². The van der Waals surface area contributed by atoms with Crippen LogP contribution in [0.4, 0.5) is 0 Å². The summed E-state index contributed by atoms with van der Waals surface area (Å²) < 4.78 is 2.27. The van der Waals surface area contributed by atoms with E-state index in [4.69, 9.17) is 0 Å². The number of likely N-dealkylation sites (tertiary alicyclic amines) is 1. The number of fused-ring (bicyclic) bond motifs is 1. The van der Waals surface area contributed by atoms with Gasteiger partial charge in [0.05, 0.1) is 5.01 Å². The van der Waals surface area contributed by atoms with Gasteiger partial charge in [0.15, 0.2) is 0 Å². The predicted molar refractivity (Wildman–Crippen MR) is 92.5 cm³/mol. The molecule has 4 heteroatoms. The van der Waals surface area contributed by atoms with Crippen LogP contribution in [-0.2, 0) is 13.5 Å². The van der Waals surface area contributed by atoms with Crippen LogP contribution in [-0.4, -0.2) is 34.1 Å². The fourth-order valence-corrected chi connectivity index (χ4v) is 4.23. The molecule has 0 radical (unpaired) electrons. The summed E-state index contributed by atoms with van der Waals surface area (Å²) >= 11 is 1.77. The van der Waals surface area contributed by atoms with Gasteiger partial charge in [-0.15, -0.1) is 11.3 Å². The highest BCUT2D eigenvalue weighted by molar-refractivity contribution is 7.09. The van der Waals surface area contributed by atoms with Gasteiger partial charge < -0.3 is 9.47 Å². The van der Waals surface area contributed by atoms with E-state index in [9.17, 15) is 0 Å². The van der Waals surface area contributed by atoms with Crippen LogP contribution in [0.3, 0.4) is 0 Å². The molecule has 0 aliphatic carbocycles. The highest BCUT2D eigenvalue weighted by atomic mass is 32.1. The minimum atomic E-state index is 0.669. The molecule has 3 nitrogen and oxygen atoms in total. The molecule has 2 aromatic heterocycles. The molecule has 3 heterocycles. The van der Waals surface area contributed by atoms with Crippen molar-refractivity contribution in [2.75, 3.05) is 19.6 Å². The fourth-order valence-electron chi connectivity index (χ4n) is 3.62. The zero-order valence-electron chi connectivity index (χ0n) is 12.9. The second-order valence-electron chi connectivity index (χ2n) is 6.17. The van der Waals surface area contributed by atoms with Crippen LogP contribution in [0.1, 0.15) is 22.9 Å². The van der Waals surface area contributed by atoms with Gasteiger partial charge in [-0.2, -0.15) is 0 Å². The van der Waals surface area contributed by atoms with Gasteiger partial charge in [-0.3, -0.25) is 0 Å². The van der Waals surface area contributed by atoms with Crippen molar-refractivity contribution < 1.29 is 0 Å². The molecule has 114 valence electrons. The van der Waals surface area contributed by atoms with E-state index in [0.717, 1.165) is 13.0 Å². The zero-order valence-corrected chi connectivity index (χ0v) is 13.7. The van der Waals surface area contributed by atoms with E-state index in [1.807, 2.05) is 6.20 Å². The van der Waals surface area contributed by atoms with Crippen LogP contribution in [0, 0.1) is 0 Å². The number of para-hydroxylation sites is 1. The Kier molecular flexibility index (Phi) is 3.72. The van der Waals surface area contributed by atoms with Crippen LogP contribution >= 0.6 is 11.3 Å². The Morgan fingerprint density at radius 1 is 1.32 bits per heavy atom. The molecule has 1 unspecified atom stereocenters. The number of aryl methyl sites for hydroxylation is 1. The topological polar surface area (TPSA) is 21.1 Å². The lowest BCUT2D eigenvalue weighted by molar-refractivity contribution is 0.339. The minimum absolute atomic E-state index is 0.669. The summed E-state index contributed by atoms with van der Waals surface area (Å²) in [5.41, 5.74) is 2.87. The number of aromatic nitrogens is 2. The van der Waals surface area contributed by atoms with Gasteiger partial charge in [-0.1, -0.05) is 18.2 Å². The number of rotatable bonds is 4. The van der Waals surface area contributed by atoms with Crippen molar-refractivity contribution in [3.05, 3.63) is 52.6 Å². The van der Waals surface area contributed by atoms with Gasteiger partial charge >= 0.3 is 0 Å². The standard InChI is InChI=1S/C18H21N3S/c1-20-13-16(15-4-2-3-5-17(15)20)14-6-9-21(12-14)10-7-18-19-8-11-22-18/h2-5,8,11,13-14H,6-7,9-10,12H2,1H3. The molecule has 0 bridgehead atoms. The van der Waals surface area contributed by atoms with Crippen molar-refractivity contribution in [2.45, 2.75) is 18.8 Å². The van der Waals surface area contributed by atoms with Gasteiger partial charge in [-0.05, 0) is 30.5 Å². The smallest absolute Gasteiger partial charge is 0.0937 e. The van der Waals surface area contributed by atoms with E-state index in [2.05, 4.69) is 57.3 Å². The Morgan fingerprint density at radius 3 is 3.09 bits per heavy atom. The number of hydrogen-bond acceptors (Lipinski definition) is 3. The van der Waals surface area contributed by atoms with Gasteiger partial charge in [-0.25, -0.2) is 4.98 Å². The Balaban J connectivity index is 1.47. The summed E-state index contributed by atoms with van der Waals surface area (Å²) in [5, 5.41) is 4.75. The summed E-state index contributed by atoms with van der Waals surface area (Å²) in [6.45, 7) is 3.52. The van der Waals surface area contributed by atoms with Crippen LogP contribution in [0.5, 0.6) is 0 Å². The molecule has 0 N–H and O–H groups in total. The third-order valence-electron chi connectivity index (χ3n) is 4.77. The van der Waals surface area contributed by atoms with Crippen molar-refractivity contribution >= 4 is 22.2 Å². The van der Waals surface area contributed by atoms with E-state index in [0.29, 0.717) is 5.92 Å². The highest BCUT2D eigenvalue weighted by Crippen LogP contribution is 2.33. The first-order valence-corrected chi connectivity index (χ1v) is 8.84. The predicted octanol–water partition coefficient (Wildman–Crippen LogP) is 3.67. The molecule has 1 aromatic carbocycles. The van der Waals surface area contributed by atoms with Gasteiger partial charge in [0, 0.05) is 55.2 Å². The van der Waals surface area contributed by atoms with Crippen LogP contribution < -0.4 is 0 Å². The number of thiazole rings is 1. The second kappa shape index (κ2) is 5.86. The van der Waals surface area contributed by atoms with Crippen molar-refractivity contribution in [1.82, 2.24) is 14.5 Å². The molecule has 1 aliphatic heterocycles. The molecule has 1 saturated heterocycles.